The van der Waals surface area contributed by atoms with Crippen molar-refractivity contribution in [1.29, 1.82) is 0 Å². The summed E-state index contributed by atoms with van der Waals surface area (Å²) in [6, 6.07) is 16.0. The first-order valence-corrected chi connectivity index (χ1v) is 20.1. The number of aliphatic hydroxyl groups excluding tert-OH is 5. The van der Waals surface area contributed by atoms with Gasteiger partial charge in [0.25, 0.3) is 5.91 Å². The number of hydrogen-bond acceptors (Lipinski definition) is 15. The summed E-state index contributed by atoms with van der Waals surface area (Å²) in [5.41, 5.74) is 7.16. The van der Waals surface area contributed by atoms with Gasteiger partial charge in [-0.05, 0) is 66.3 Å². The summed E-state index contributed by atoms with van der Waals surface area (Å²) in [5.74, 6) is -8.58. The number of nitrogens with two attached hydrogens (primary N) is 1. The fraction of sp³-hybridized carbons (Fsp3) is 0.409. The second kappa shape index (κ2) is 16.1. The Balaban J connectivity index is 1.29. The van der Waals surface area contributed by atoms with Gasteiger partial charge in [0, 0.05) is 60.2 Å². The predicted molar refractivity (Wildman–Crippen MR) is 219 cm³/mol. The maximum absolute atomic E-state index is 14.9. The van der Waals surface area contributed by atoms with Crippen LogP contribution < -0.4 is 15.4 Å². The summed E-state index contributed by atoms with van der Waals surface area (Å²) in [6.45, 7) is -0.973. The van der Waals surface area contributed by atoms with Gasteiger partial charge < -0.3 is 61.2 Å². The number of rotatable bonds is 12. The van der Waals surface area contributed by atoms with E-state index < -0.39 is 89.2 Å². The van der Waals surface area contributed by atoms with E-state index in [2.05, 4.69) is 9.98 Å². The number of carboxylic acid groups (broad SMARTS) is 1. The van der Waals surface area contributed by atoms with Crippen molar-refractivity contribution in [3.8, 4) is 17.2 Å². The van der Waals surface area contributed by atoms with Gasteiger partial charge >= 0.3 is 11.9 Å². The normalized spacial score (nSPS) is 32.8. The van der Waals surface area contributed by atoms with E-state index in [9.17, 15) is 55.5 Å². The average Bonchev–Trinajstić information content (AvgIpc) is 4.03. The molecule has 11 N–H and O–H groups in total. The molecule has 1 saturated carbocycles. The first-order chi connectivity index (χ1) is 29.2. The molecule has 2 aliphatic carbocycles. The highest BCUT2D eigenvalue weighted by Gasteiger charge is 2.69. The topological polar surface area (TPSA) is 289 Å². The van der Waals surface area contributed by atoms with Crippen molar-refractivity contribution in [3.63, 3.8) is 0 Å². The molecule has 3 aliphatic heterocycles. The molecule has 17 heteroatoms. The Morgan fingerprint density at radius 3 is 2.43 bits per heavy atom. The highest BCUT2D eigenvalue weighted by atomic mass is 16.8. The number of nitrogens with zero attached hydrogens (tertiary/aromatic N) is 3. The molecule has 0 bridgehead atoms. The fourth-order valence-electron chi connectivity index (χ4n) is 10.2. The van der Waals surface area contributed by atoms with Gasteiger partial charge in [-0.15, -0.1) is 0 Å². The van der Waals surface area contributed by atoms with Crippen LogP contribution in [0.15, 0.2) is 88.4 Å². The monoisotopic (exact) mass is 840 g/mol. The molecule has 3 aromatic carbocycles. The minimum absolute atomic E-state index is 0.00275. The highest BCUT2D eigenvalue weighted by molar-refractivity contribution is 6.32. The number of phenolic OH excluding ortho intramolecular Hbond substituents is 2. The number of aliphatic hydroxyl groups is 6. The zero-order valence-electron chi connectivity index (χ0n) is 32.9. The van der Waals surface area contributed by atoms with Gasteiger partial charge in [0.1, 0.15) is 30.7 Å². The molecule has 0 aromatic heterocycles. The number of carboxylic acids is 1. The summed E-state index contributed by atoms with van der Waals surface area (Å²) < 4.78 is 10.9. The molecule has 10 atom stereocenters. The summed E-state index contributed by atoms with van der Waals surface area (Å²) in [4.78, 5) is 38.5. The van der Waals surface area contributed by atoms with Crippen LogP contribution in [-0.2, 0) is 26.2 Å². The first kappa shape index (κ1) is 42.2. The molecule has 17 nitrogen and oxygen atoms in total. The van der Waals surface area contributed by atoms with E-state index in [4.69, 9.17) is 15.2 Å². The van der Waals surface area contributed by atoms with Crippen LogP contribution in [0.2, 0.25) is 0 Å². The van der Waals surface area contributed by atoms with Crippen LogP contribution in [0.25, 0.3) is 6.08 Å². The second-order valence-corrected chi connectivity index (χ2v) is 16.2. The molecule has 0 spiro atoms. The minimum Gasteiger partial charge on any atom is -0.508 e. The number of fused-ring (bicyclic) bond motifs is 3. The number of amides is 1. The lowest BCUT2D eigenvalue weighted by Crippen LogP contribution is -2.67. The van der Waals surface area contributed by atoms with E-state index in [1.807, 2.05) is 30.3 Å². The lowest BCUT2D eigenvalue weighted by molar-refractivity contribution is -0.422. The van der Waals surface area contributed by atoms with Crippen LogP contribution in [0, 0.1) is 5.92 Å². The molecule has 8 rings (SSSR count). The number of carbonyl (C=O) groups excluding carboxylic acids is 1. The van der Waals surface area contributed by atoms with Crippen LogP contribution in [0.4, 0.5) is 5.69 Å². The summed E-state index contributed by atoms with van der Waals surface area (Å²) in [5, 5.41) is 97.1. The van der Waals surface area contributed by atoms with Crippen LogP contribution in [0.5, 0.6) is 17.2 Å². The SMILES string of the molecule is NC1CCCC1(c1ccccc1)C1C(CCO)=CC2(C(=O)O)C1c1cc(O)c(OC3(O)OC(CO)C(O)C(O)C3O)cc1N2C(=O)C=Cc1ccc(O)c(CC2=NCN=C2)c1. The molecule has 0 radical (unpaired) electrons. The van der Waals surface area contributed by atoms with Gasteiger partial charge in [-0.2, -0.15) is 0 Å². The average molecular weight is 841 g/mol. The van der Waals surface area contributed by atoms with Crippen molar-refractivity contribution in [2.45, 2.75) is 85.4 Å². The molecule has 322 valence electrons. The number of aliphatic imine (C=N–C) groups is 2. The molecule has 1 amide bonds. The highest BCUT2D eigenvalue weighted by Crippen LogP contribution is 2.66. The van der Waals surface area contributed by atoms with Crippen molar-refractivity contribution in [3.05, 3.63) is 101 Å². The van der Waals surface area contributed by atoms with Gasteiger partial charge in [-0.1, -0.05) is 48.4 Å². The Morgan fingerprint density at radius 2 is 1.77 bits per heavy atom. The zero-order chi connectivity index (χ0) is 43.4. The van der Waals surface area contributed by atoms with E-state index in [1.54, 1.807) is 18.3 Å². The third-order valence-corrected chi connectivity index (χ3v) is 12.9. The molecule has 1 saturated heterocycles. The third-order valence-electron chi connectivity index (χ3n) is 12.9. The number of anilines is 1. The van der Waals surface area contributed by atoms with E-state index in [-0.39, 0.29) is 43.1 Å². The Morgan fingerprint density at radius 1 is 1.00 bits per heavy atom. The molecule has 3 aromatic rings. The number of carbonyl (C=O) groups is 2. The summed E-state index contributed by atoms with van der Waals surface area (Å²) in [6.07, 6.45) is -0.00567. The Kier molecular flexibility index (Phi) is 11.1. The lowest BCUT2D eigenvalue weighted by atomic mass is 9.59. The Bertz CT molecular complexity index is 2330. The van der Waals surface area contributed by atoms with E-state index in [0.717, 1.165) is 16.5 Å². The molecule has 5 aliphatic rings. The van der Waals surface area contributed by atoms with Gasteiger partial charge in [-0.3, -0.25) is 19.7 Å². The predicted octanol–water partition coefficient (Wildman–Crippen LogP) is 0.977. The van der Waals surface area contributed by atoms with Gasteiger partial charge in [-0.25, -0.2) is 4.79 Å². The van der Waals surface area contributed by atoms with E-state index in [0.29, 0.717) is 41.7 Å². The maximum Gasteiger partial charge on any atom is 0.355 e. The van der Waals surface area contributed by atoms with E-state index >= 15 is 0 Å². The lowest BCUT2D eigenvalue weighted by Gasteiger charge is -2.45. The van der Waals surface area contributed by atoms with Crippen LogP contribution in [0.1, 0.15) is 53.9 Å². The molecule has 2 fully saturated rings. The van der Waals surface area contributed by atoms with Gasteiger partial charge in [0.15, 0.2) is 23.1 Å². The first-order valence-electron chi connectivity index (χ1n) is 20.1. The molecule has 3 heterocycles. The smallest absolute Gasteiger partial charge is 0.355 e. The van der Waals surface area contributed by atoms with Crippen molar-refractivity contribution in [2.24, 2.45) is 21.6 Å². The van der Waals surface area contributed by atoms with Crippen molar-refractivity contribution in [1.82, 2.24) is 0 Å². The molecular formula is C44H48N4O13. The largest absolute Gasteiger partial charge is 0.508 e. The number of ether oxygens (including phenoxy) is 2. The van der Waals surface area contributed by atoms with Crippen molar-refractivity contribution < 1.29 is 65.0 Å². The number of phenols is 2. The fourth-order valence-corrected chi connectivity index (χ4v) is 10.2. The molecule has 61 heavy (non-hydrogen) atoms. The number of benzene rings is 3. The van der Waals surface area contributed by atoms with Crippen LogP contribution >= 0.6 is 0 Å². The van der Waals surface area contributed by atoms with Crippen molar-refractivity contribution in [2.75, 3.05) is 24.8 Å². The van der Waals surface area contributed by atoms with Crippen molar-refractivity contribution >= 4 is 35.6 Å². The summed E-state index contributed by atoms with van der Waals surface area (Å²) >= 11 is 0. The van der Waals surface area contributed by atoms with Crippen LogP contribution in [-0.4, -0.2) is 132 Å². The second-order valence-electron chi connectivity index (χ2n) is 16.2. The Labute approximate surface area is 349 Å². The number of hydrogen-bond donors (Lipinski definition) is 10. The van der Waals surface area contributed by atoms with E-state index in [1.165, 1.54) is 30.4 Å². The minimum atomic E-state index is -3.16. The maximum atomic E-state index is 14.9. The summed E-state index contributed by atoms with van der Waals surface area (Å²) in [7, 11) is 0. The quantitative estimate of drug-likeness (QED) is 0.0692. The zero-order valence-corrected chi connectivity index (χ0v) is 32.9. The molecular weight excluding hydrogens is 792 g/mol. The van der Waals surface area contributed by atoms with Gasteiger partial charge in [0.2, 0.25) is 0 Å². The third kappa shape index (κ3) is 6.81. The Hall–Kier alpha value is -5.50. The standard InChI is InChI=1S/C44H48N4O13/c45-34-7-4-13-42(34,26-5-2-1-3-6-26)36-24(12-14-49)19-43(41(57)58)37(36)28-17-31(52)32(60-44(59)40(56)39(55)38(54)33(21-50)61-44)18-29(28)48(43)35(53)11-9-23-8-10-30(51)25(15-23)16-27-20-46-22-47-27/h1-3,5-6,8-11,15,17-20,33-34,36-40,49-52,54-56,59H,4,7,12-14,16,21-22,45H2,(H,57,58). The molecule has 10 unspecified atom stereocenters. The van der Waals surface area contributed by atoms with Crippen LogP contribution in [0.3, 0.4) is 0 Å². The number of aliphatic carboxylic acids is 1. The van der Waals surface area contributed by atoms with Gasteiger partial charge in [0.05, 0.1) is 18.0 Å². The number of aromatic hydroxyl groups is 2.